The van der Waals surface area contributed by atoms with Gasteiger partial charge >= 0.3 is 0 Å². The average molecular weight is 231 g/mol. The van der Waals surface area contributed by atoms with Gasteiger partial charge in [0, 0.05) is 6.54 Å². The van der Waals surface area contributed by atoms with Gasteiger partial charge < -0.3 is 10.3 Å². The van der Waals surface area contributed by atoms with Gasteiger partial charge in [-0.15, -0.1) is 0 Å². The number of hydrogen-bond acceptors (Lipinski definition) is 4. The van der Waals surface area contributed by atoms with Gasteiger partial charge in [-0.2, -0.15) is 0 Å². The Morgan fingerprint density at radius 1 is 1.29 bits per heavy atom. The smallest absolute Gasteiger partial charge is 0.182 e. The van der Waals surface area contributed by atoms with E-state index in [0.29, 0.717) is 5.65 Å². The molecule has 0 aliphatic heterocycles. The molecule has 0 radical (unpaired) electrons. The Hall–Kier alpha value is -1.91. The lowest BCUT2D eigenvalue weighted by Gasteiger charge is -2.04. The minimum absolute atomic E-state index is 0.692. The standard InChI is InChI=1S/C12H17N5/c1-3-9(4-2)5-6-13-11-10-12(15-7-14-10)17-8-16-11/h5,7-8H,3-4,6H2,1-2H3,(H2,13,14,15,16,17). The van der Waals surface area contributed by atoms with Crippen LogP contribution in [0, 0.1) is 0 Å². The molecule has 0 unspecified atom stereocenters. The number of anilines is 1. The second kappa shape index (κ2) is 5.43. The Kier molecular flexibility index (Phi) is 3.69. The number of hydrogen-bond donors (Lipinski definition) is 2. The molecule has 2 aromatic heterocycles. The SMILES string of the molecule is CCC(=CCNc1ncnc2nc[nH]c12)CC. The molecule has 2 N–H and O–H groups in total. The molecule has 0 spiro atoms. The summed E-state index contributed by atoms with van der Waals surface area (Å²) in [4.78, 5) is 15.4. The molecule has 2 rings (SSSR count). The molecule has 0 amide bonds. The maximum absolute atomic E-state index is 4.20. The fraction of sp³-hybridized carbons (Fsp3) is 0.417. The second-order valence-corrected chi connectivity index (χ2v) is 3.77. The summed E-state index contributed by atoms with van der Waals surface area (Å²) < 4.78 is 0. The molecule has 0 saturated carbocycles. The minimum Gasteiger partial charge on any atom is -0.365 e. The van der Waals surface area contributed by atoms with Crippen LogP contribution in [0.15, 0.2) is 24.3 Å². The topological polar surface area (TPSA) is 66.5 Å². The number of H-pyrrole nitrogens is 1. The lowest BCUT2D eigenvalue weighted by Crippen LogP contribution is -2.02. The number of rotatable bonds is 5. The Morgan fingerprint density at radius 2 is 2.12 bits per heavy atom. The van der Waals surface area contributed by atoms with Crippen LogP contribution in [-0.4, -0.2) is 26.5 Å². The summed E-state index contributed by atoms with van der Waals surface area (Å²) in [6.45, 7) is 5.13. The van der Waals surface area contributed by atoms with Crippen LogP contribution in [0.2, 0.25) is 0 Å². The predicted octanol–water partition coefficient (Wildman–Crippen LogP) is 2.51. The van der Waals surface area contributed by atoms with Gasteiger partial charge in [0.05, 0.1) is 6.33 Å². The summed E-state index contributed by atoms with van der Waals surface area (Å²) in [5.74, 6) is 0.801. The first-order chi connectivity index (χ1) is 8.35. The monoisotopic (exact) mass is 231 g/mol. The van der Waals surface area contributed by atoms with Crippen LogP contribution < -0.4 is 5.32 Å². The zero-order valence-corrected chi connectivity index (χ0v) is 10.2. The Labute approximate surface area is 100 Å². The van der Waals surface area contributed by atoms with E-state index in [2.05, 4.69) is 45.2 Å². The summed E-state index contributed by atoms with van der Waals surface area (Å²) in [6, 6.07) is 0. The van der Waals surface area contributed by atoms with Gasteiger partial charge in [0.1, 0.15) is 11.8 Å². The summed E-state index contributed by atoms with van der Waals surface area (Å²) in [7, 11) is 0. The molecule has 90 valence electrons. The van der Waals surface area contributed by atoms with Crippen LogP contribution in [0.1, 0.15) is 26.7 Å². The first-order valence-corrected chi connectivity index (χ1v) is 5.91. The highest BCUT2D eigenvalue weighted by atomic mass is 15.1. The summed E-state index contributed by atoms with van der Waals surface area (Å²) in [5, 5.41) is 3.27. The van der Waals surface area contributed by atoms with E-state index in [1.165, 1.54) is 11.9 Å². The van der Waals surface area contributed by atoms with Crippen LogP contribution in [0.25, 0.3) is 11.2 Å². The van der Waals surface area contributed by atoms with Gasteiger partial charge in [-0.3, -0.25) is 0 Å². The zero-order chi connectivity index (χ0) is 12.1. The van der Waals surface area contributed by atoms with E-state index in [0.717, 1.165) is 30.7 Å². The fourth-order valence-electron chi connectivity index (χ4n) is 1.73. The molecule has 2 aromatic rings. The van der Waals surface area contributed by atoms with Crippen molar-refractivity contribution in [3.63, 3.8) is 0 Å². The van der Waals surface area contributed by atoms with Crippen molar-refractivity contribution >= 4 is 17.0 Å². The molecule has 0 aliphatic carbocycles. The lowest BCUT2D eigenvalue weighted by atomic mass is 10.1. The molecule has 17 heavy (non-hydrogen) atoms. The highest BCUT2D eigenvalue weighted by Gasteiger charge is 2.03. The summed E-state index contributed by atoms with van der Waals surface area (Å²) in [5.41, 5.74) is 3.00. The lowest BCUT2D eigenvalue weighted by molar-refractivity contribution is 0.965. The molecule has 5 heteroatoms. The first-order valence-electron chi connectivity index (χ1n) is 5.91. The number of fused-ring (bicyclic) bond motifs is 1. The van der Waals surface area contributed by atoms with Gasteiger partial charge in [0.25, 0.3) is 0 Å². The number of nitrogens with one attached hydrogen (secondary N) is 2. The van der Waals surface area contributed by atoms with Crippen LogP contribution in [0.4, 0.5) is 5.82 Å². The van der Waals surface area contributed by atoms with E-state index in [4.69, 9.17) is 0 Å². The van der Waals surface area contributed by atoms with Crippen molar-refractivity contribution in [2.45, 2.75) is 26.7 Å². The van der Waals surface area contributed by atoms with E-state index in [9.17, 15) is 0 Å². The van der Waals surface area contributed by atoms with Crippen molar-refractivity contribution in [1.82, 2.24) is 19.9 Å². The van der Waals surface area contributed by atoms with Gasteiger partial charge in [0.2, 0.25) is 0 Å². The van der Waals surface area contributed by atoms with E-state index in [1.54, 1.807) is 6.33 Å². The van der Waals surface area contributed by atoms with Crippen molar-refractivity contribution in [1.29, 1.82) is 0 Å². The second-order valence-electron chi connectivity index (χ2n) is 3.77. The fourth-order valence-corrected chi connectivity index (χ4v) is 1.73. The van der Waals surface area contributed by atoms with Crippen LogP contribution in [0.5, 0.6) is 0 Å². The Bertz CT molecular complexity index is 508. The van der Waals surface area contributed by atoms with Crippen molar-refractivity contribution in [3.05, 3.63) is 24.3 Å². The number of aromatic amines is 1. The quantitative estimate of drug-likeness (QED) is 0.776. The van der Waals surface area contributed by atoms with Crippen molar-refractivity contribution < 1.29 is 0 Å². The molecule has 0 fully saturated rings. The van der Waals surface area contributed by atoms with E-state index in [-0.39, 0.29) is 0 Å². The molecule has 0 bridgehead atoms. The predicted molar refractivity (Wildman–Crippen MR) is 68.8 cm³/mol. The molecular formula is C12H17N5. The Morgan fingerprint density at radius 3 is 2.88 bits per heavy atom. The van der Waals surface area contributed by atoms with Gasteiger partial charge in [-0.05, 0) is 12.8 Å². The number of imidazole rings is 1. The van der Waals surface area contributed by atoms with Gasteiger partial charge in [-0.25, -0.2) is 15.0 Å². The van der Waals surface area contributed by atoms with Crippen LogP contribution >= 0.6 is 0 Å². The third-order valence-corrected chi connectivity index (χ3v) is 2.79. The molecule has 0 saturated heterocycles. The molecule has 2 heterocycles. The Balaban J connectivity index is 2.09. The minimum atomic E-state index is 0.692. The maximum Gasteiger partial charge on any atom is 0.182 e. The first kappa shape index (κ1) is 11.6. The molecule has 0 aliphatic rings. The van der Waals surface area contributed by atoms with E-state index in [1.807, 2.05) is 0 Å². The molecular weight excluding hydrogens is 214 g/mol. The summed E-state index contributed by atoms with van der Waals surface area (Å²) >= 11 is 0. The van der Waals surface area contributed by atoms with Gasteiger partial charge in [0.15, 0.2) is 11.5 Å². The largest absolute Gasteiger partial charge is 0.365 e. The van der Waals surface area contributed by atoms with Crippen LogP contribution in [-0.2, 0) is 0 Å². The van der Waals surface area contributed by atoms with Crippen molar-refractivity contribution in [2.75, 3.05) is 11.9 Å². The average Bonchev–Trinajstić information content (AvgIpc) is 2.83. The van der Waals surface area contributed by atoms with Crippen LogP contribution in [0.3, 0.4) is 0 Å². The highest BCUT2D eigenvalue weighted by molar-refractivity contribution is 5.81. The number of allylic oxidation sites excluding steroid dienone is 1. The molecule has 0 aromatic carbocycles. The molecule has 0 atom stereocenters. The van der Waals surface area contributed by atoms with Crippen molar-refractivity contribution in [2.24, 2.45) is 0 Å². The number of nitrogens with zero attached hydrogens (tertiary/aromatic N) is 3. The third kappa shape index (κ3) is 2.61. The molecule has 5 nitrogen and oxygen atoms in total. The summed E-state index contributed by atoms with van der Waals surface area (Å²) in [6.07, 6.45) is 7.56. The normalized spacial score (nSPS) is 10.5. The highest BCUT2D eigenvalue weighted by Crippen LogP contribution is 2.14. The number of aromatic nitrogens is 4. The van der Waals surface area contributed by atoms with E-state index < -0.39 is 0 Å². The van der Waals surface area contributed by atoms with Gasteiger partial charge in [-0.1, -0.05) is 25.5 Å². The third-order valence-electron chi connectivity index (χ3n) is 2.79. The van der Waals surface area contributed by atoms with E-state index >= 15 is 0 Å². The maximum atomic E-state index is 4.20. The zero-order valence-electron chi connectivity index (χ0n) is 10.2. The van der Waals surface area contributed by atoms with Crippen molar-refractivity contribution in [3.8, 4) is 0 Å².